The normalized spacial score (nSPS) is 23.7. The first-order chi connectivity index (χ1) is 8.08. The molecule has 2 rings (SSSR count). The van der Waals surface area contributed by atoms with Gasteiger partial charge in [-0.1, -0.05) is 30.3 Å². The molecule has 1 heterocycles. The van der Waals surface area contributed by atoms with Gasteiger partial charge in [0.2, 0.25) is 0 Å². The summed E-state index contributed by atoms with van der Waals surface area (Å²) >= 11 is 3.94. The van der Waals surface area contributed by atoms with Gasteiger partial charge in [0.25, 0.3) is 5.91 Å². The number of amides is 1. The highest BCUT2D eigenvalue weighted by Gasteiger charge is 2.44. The maximum atomic E-state index is 11.7. The average molecular weight is 250 g/mol. The summed E-state index contributed by atoms with van der Waals surface area (Å²) in [6.45, 7) is 1.79. The van der Waals surface area contributed by atoms with E-state index in [1.54, 1.807) is 19.1 Å². The Labute approximate surface area is 105 Å². The van der Waals surface area contributed by atoms with Crippen LogP contribution in [-0.2, 0) is 10.5 Å². The molecule has 0 saturated carbocycles. The van der Waals surface area contributed by atoms with Crippen LogP contribution in [0.3, 0.4) is 0 Å². The Morgan fingerprint density at radius 2 is 2.18 bits per heavy atom. The van der Waals surface area contributed by atoms with Crippen LogP contribution in [0, 0.1) is 0 Å². The maximum absolute atomic E-state index is 11.7. The molecule has 1 atom stereocenters. The molecular formula is C12H14N2O2S. The fourth-order valence-electron chi connectivity index (χ4n) is 1.98. The van der Waals surface area contributed by atoms with Crippen molar-refractivity contribution in [3.05, 3.63) is 35.9 Å². The monoisotopic (exact) mass is 250 g/mol. The van der Waals surface area contributed by atoms with Crippen LogP contribution in [0.4, 0.5) is 0 Å². The van der Waals surface area contributed by atoms with Crippen LogP contribution in [0.2, 0.25) is 0 Å². The Balaban J connectivity index is 2.40. The number of hydrogen-bond donors (Lipinski definition) is 2. The molecule has 0 saturated heterocycles. The molecule has 0 spiro atoms. The van der Waals surface area contributed by atoms with Crippen molar-refractivity contribution >= 4 is 24.2 Å². The number of benzene rings is 1. The number of thiol groups is 1. The predicted molar refractivity (Wildman–Crippen MR) is 68.8 cm³/mol. The lowest BCUT2D eigenvalue weighted by molar-refractivity contribution is -0.154. The molecule has 17 heavy (non-hydrogen) atoms. The number of hydrogen-bond acceptors (Lipinski definition) is 4. The van der Waals surface area contributed by atoms with Gasteiger partial charge in [-0.25, -0.2) is 0 Å². The number of aliphatic hydroxyl groups is 1. The van der Waals surface area contributed by atoms with Gasteiger partial charge in [0.05, 0.1) is 5.75 Å². The van der Waals surface area contributed by atoms with Crippen LogP contribution in [0.25, 0.3) is 0 Å². The van der Waals surface area contributed by atoms with E-state index in [0.29, 0.717) is 12.0 Å². The zero-order chi connectivity index (χ0) is 12.5. The quantitative estimate of drug-likeness (QED) is 0.779. The van der Waals surface area contributed by atoms with E-state index in [9.17, 15) is 9.90 Å². The maximum Gasteiger partial charge on any atom is 0.255 e. The van der Waals surface area contributed by atoms with Crippen LogP contribution in [-0.4, -0.2) is 27.5 Å². The first kappa shape index (κ1) is 12.1. The highest BCUT2D eigenvalue weighted by Crippen LogP contribution is 2.35. The second-order valence-electron chi connectivity index (χ2n) is 4.06. The molecule has 5 heteroatoms. The summed E-state index contributed by atoms with van der Waals surface area (Å²) in [5.74, 6) is -0.289. The van der Waals surface area contributed by atoms with E-state index in [4.69, 9.17) is 0 Å². The minimum atomic E-state index is -1.37. The van der Waals surface area contributed by atoms with E-state index < -0.39 is 5.72 Å². The third-order valence-corrected chi connectivity index (χ3v) is 3.00. The van der Waals surface area contributed by atoms with E-state index in [1.165, 1.54) is 0 Å². The first-order valence-corrected chi connectivity index (χ1v) is 5.97. The van der Waals surface area contributed by atoms with Crippen molar-refractivity contribution in [1.29, 1.82) is 0 Å². The predicted octanol–water partition coefficient (Wildman–Crippen LogP) is 1.37. The second kappa shape index (κ2) is 4.50. The lowest BCUT2D eigenvalue weighted by Crippen LogP contribution is -2.44. The van der Waals surface area contributed by atoms with Crippen molar-refractivity contribution in [2.75, 3.05) is 5.75 Å². The molecule has 1 aromatic rings. The summed E-state index contributed by atoms with van der Waals surface area (Å²) in [6, 6.07) is 9.08. The smallest absolute Gasteiger partial charge is 0.255 e. The summed E-state index contributed by atoms with van der Waals surface area (Å²) in [6.07, 6.45) is 0.330. The number of hydrazone groups is 1. The van der Waals surface area contributed by atoms with Crippen LogP contribution in [0.5, 0.6) is 0 Å². The highest BCUT2D eigenvalue weighted by molar-refractivity contribution is 7.81. The van der Waals surface area contributed by atoms with Crippen molar-refractivity contribution in [1.82, 2.24) is 5.01 Å². The fourth-order valence-corrected chi connectivity index (χ4v) is 2.11. The van der Waals surface area contributed by atoms with Crippen LogP contribution < -0.4 is 0 Å². The van der Waals surface area contributed by atoms with Crippen molar-refractivity contribution in [3.63, 3.8) is 0 Å². The number of carbonyl (C=O) groups excluding carboxylic acids is 1. The summed E-state index contributed by atoms with van der Waals surface area (Å²) in [4.78, 5) is 11.7. The summed E-state index contributed by atoms with van der Waals surface area (Å²) < 4.78 is 0. The topological polar surface area (TPSA) is 52.9 Å². The molecule has 0 radical (unpaired) electrons. The van der Waals surface area contributed by atoms with Gasteiger partial charge in [-0.2, -0.15) is 22.7 Å². The molecule has 1 aliphatic rings. The first-order valence-electron chi connectivity index (χ1n) is 5.34. The van der Waals surface area contributed by atoms with Gasteiger partial charge >= 0.3 is 0 Å². The Morgan fingerprint density at radius 3 is 2.76 bits per heavy atom. The Hall–Kier alpha value is -1.33. The Kier molecular flexibility index (Phi) is 3.22. The Morgan fingerprint density at radius 1 is 1.53 bits per heavy atom. The van der Waals surface area contributed by atoms with E-state index >= 15 is 0 Å². The fraction of sp³-hybridized carbons (Fsp3) is 0.333. The van der Waals surface area contributed by atoms with Gasteiger partial charge in [0.1, 0.15) is 0 Å². The molecule has 0 aromatic heterocycles. The lowest BCUT2D eigenvalue weighted by atomic mass is 9.98. The summed E-state index contributed by atoms with van der Waals surface area (Å²) in [7, 11) is 0. The lowest BCUT2D eigenvalue weighted by Gasteiger charge is -2.31. The molecule has 1 amide bonds. The molecule has 0 bridgehead atoms. The zero-order valence-electron chi connectivity index (χ0n) is 9.50. The molecule has 1 unspecified atom stereocenters. The van der Waals surface area contributed by atoms with E-state index in [-0.39, 0.29) is 11.7 Å². The molecule has 90 valence electrons. The van der Waals surface area contributed by atoms with Crippen molar-refractivity contribution in [2.24, 2.45) is 5.10 Å². The minimum absolute atomic E-state index is 0.0198. The number of rotatable bonds is 2. The average Bonchev–Trinajstić information content (AvgIpc) is 2.66. The van der Waals surface area contributed by atoms with Crippen LogP contribution in [0.1, 0.15) is 18.9 Å². The minimum Gasteiger partial charge on any atom is -0.365 e. The van der Waals surface area contributed by atoms with Crippen molar-refractivity contribution in [3.8, 4) is 0 Å². The van der Waals surface area contributed by atoms with Crippen LogP contribution >= 0.6 is 12.6 Å². The van der Waals surface area contributed by atoms with Gasteiger partial charge in [0.15, 0.2) is 5.72 Å². The van der Waals surface area contributed by atoms with Crippen molar-refractivity contribution in [2.45, 2.75) is 19.1 Å². The van der Waals surface area contributed by atoms with E-state index in [0.717, 1.165) is 10.7 Å². The molecular weight excluding hydrogens is 236 g/mol. The summed E-state index contributed by atoms with van der Waals surface area (Å²) in [5, 5.41) is 15.9. The molecule has 1 N–H and O–H groups in total. The SMILES string of the molecule is CC1=NN(C(=O)CS)C(O)(c2ccccc2)C1. The molecule has 0 fully saturated rings. The number of carbonyl (C=O) groups is 1. The standard InChI is InChI=1S/C12H14N2O2S/c1-9-7-12(16,10-5-3-2-4-6-10)14(13-9)11(15)8-17/h2-6,16-17H,7-8H2,1H3. The van der Waals surface area contributed by atoms with Gasteiger partial charge in [0, 0.05) is 17.7 Å². The van der Waals surface area contributed by atoms with Gasteiger partial charge in [-0.3, -0.25) is 4.79 Å². The number of nitrogens with zero attached hydrogens (tertiary/aromatic N) is 2. The molecule has 1 aromatic carbocycles. The van der Waals surface area contributed by atoms with E-state index in [1.807, 2.05) is 18.2 Å². The zero-order valence-corrected chi connectivity index (χ0v) is 10.4. The second-order valence-corrected chi connectivity index (χ2v) is 4.37. The molecule has 0 aliphatic carbocycles. The third-order valence-electron chi connectivity index (χ3n) is 2.73. The Bertz CT molecular complexity index is 461. The summed E-state index contributed by atoms with van der Waals surface area (Å²) in [5.41, 5.74) is 0.0211. The molecule has 1 aliphatic heterocycles. The van der Waals surface area contributed by atoms with Crippen molar-refractivity contribution < 1.29 is 9.90 Å². The van der Waals surface area contributed by atoms with Crippen LogP contribution in [0.15, 0.2) is 35.4 Å². The third kappa shape index (κ3) is 2.08. The van der Waals surface area contributed by atoms with Gasteiger partial charge < -0.3 is 5.11 Å². The highest BCUT2D eigenvalue weighted by atomic mass is 32.1. The largest absolute Gasteiger partial charge is 0.365 e. The van der Waals surface area contributed by atoms with E-state index in [2.05, 4.69) is 17.7 Å². The molecule has 4 nitrogen and oxygen atoms in total. The van der Waals surface area contributed by atoms with Gasteiger partial charge in [-0.15, -0.1) is 0 Å². The van der Waals surface area contributed by atoms with Gasteiger partial charge in [-0.05, 0) is 6.92 Å².